The zero-order chi connectivity index (χ0) is 11.7. The Kier molecular flexibility index (Phi) is 2.84. The van der Waals surface area contributed by atoms with Gasteiger partial charge in [-0.1, -0.05) is 0 Å². The molecule has 92 valence electrons. The summed E-state index contributed by atoms with van der Waals surface area (Å²) in [5.74, 6) is 2.01. The third kappa shape index (κ3) is 2.49. The summed E-state index contributed by atoms with van der Waals surface area (Å²) in [5, 5.41) is 6.73. The van der Waals surface area contributed by atoms with E-state index in [9.17, 15) is 0 Å². The first-order valence-electron chi connectivity index (χ1n) is 6.36. The molecule has 1 aliphatic carbocycles. The normalized spacial score (nSPS) is 24.1. The van der Waals surface area contributed by atoms with E-state index >= 15 is 0 Å². The monoisotopic (exact) mass is 233 g/mol. The maximum atomic E-state index is 4.36. The minimum absolute atomic E-state index is 0.588. The third-order valence-electron chi connectivity index (χ3n) is 3.50. The lowest BCUT2D eigenvalue weighted by Crippen LogP contribution is -2.29. The Balaban J connectivity index is 1.69. The van der Waals surface area contributed by atoms with Crippen molar-refractivity contribution in [2.75, 3.05) is 30.4 Å². The number of likely N-dealkylation sites (N-methyl/N-ethyl adjacent to an activating group) is 1. The smallest absolute Gasteiger partial charge is 0.134 e. The highest BCUT2D eigenvalue weighted by atomic mass is 15.2. The molecule has 1 saturated carbocycles. The van der Waals surface area contributed by atoms with E-state index in [1.165, 1.54) is 19.3 Å². The van der Waals surface area contributed by atoms with Crippen LogP contribution >= 0.6 is 0 Å². The van der Waals surface area contributed by atoms with Gasteiger partial charge in [0.15, 0.2) is 0 Å². The molecular formula is C12H19N5. The first-order chi connectivity index (χ1) is 8.35. The molecule has 0 spiro atoms. The molecule has 1 saturated heterocycles. The van der Waals surface area contributed by atoms with E-state index in [4.69, 9.17) is 0 Å². The van der Waals surface area contributed by atoms with Gasteiger partial charge in [0.1, 0.15) is 18.0 Å². The van der Waals surface area contributed by atoms with Crippen LogP contribution in [0.3, 0.4) is 0 Å². The molecule has 1 aliphatic heterocycles. The summed E-state index contributed by atoms with van der Waals surface area (Å²) in [6.45, 7) is 2.11. The van der Waals surface area contributed by atoms with Crippen molar-refractivity contribution in [3.8, 4) is 0 Å². The van der Waals surface area contributed by atoms with Gasteiger partial charge in [0, 0.05) is 31.2 Å². The molecule has 0 aromatic carbocycles. The fraction of sp³-hybridized carbons (Fsp3) is 0.667. The predicted octanol–water partition coefficient (Wildman–Crippen LogP) is 0.849. The van der Waals surface area contributed by atoms with Crippen molar-refractivity contribution >= 4 is 11.6 Å². The van der Waals surface area contributed by atoms with Gasteiger partial charge in [0.2, 0.25) is 0 Å². The van der Waals surface area contributed by atoms with Gasteiger partial charge in [0.25, 0.3) is 0 Å². The fourth-order valence-corrected chi connectivity index (χ4v) is 2.24. The van der Waals surface area contributed by atoms with Crippen LogP contribution in [0.1, 0.15) is 19.3 Å². The summed E-state index contributed by atoms with van der Waals surface area (Å²) in [6.07, 6.45) is 5.38. The van der Waals surface area contributed by atoms with Crippen molar-refractivity contribution in [2.45, 2.75) is 31.3 Å². The van der Waals surface area contributed by atoms with Crippen LogP contribution in [0.15, 0.2) is 12.4 Å². The van der Waals surface area contributed by atoms with Gasteiger partial charge in [0.05, 0.1) is 0 Å². The second kappa shape index (κ2) is 4.49. The van der Waals surface area contributed by atoms with Crippen molar-refractivity contribution in [2.24, 2.45) is 0 Å². The summed E-state index contributed by atoms with van der Waals surface area (Å²) in [5.41, 5.74) is 0. The van der Waals surface area contributed by atoms with E-state index in [2.05, 4.69) is 31.6 Å². The summed E-state index contributed by atoms with van der Waals surface area (Å²) >= 11 is 0. The van der Waals surface area contributed by atoms with Gasteiger partial charge < -0.3 is 15.5 Å². The Morgan fingerprint density at radius 3 is 2.82 bits per heavy atom. The van der Waals surface area contributed by atoms with E-state index in [0.717, 1.165) is 24.7 Å². The molecule has 5 nitrogen and oxygen atoms in total. The van der Waals surface area contributed by atoms with Crippen LogP contribution in [-0.2, 0) is 0 Å². The van der Waals surface area contributed by atoms with E-state index in [1.54, 1.807) is 6.33 Å². The summed E-state index contributed by atoms with van der Waals surface area (Å²) in [6, 6.07) is 3.29. The van der Waals surface area contributed by atoms with Gasteiger partial charge in [-0.2, -0.15) is 0 Å². The fourth-order valence-electron chi connectivity index (χ4n) is 2.24. The maximum absolute atomic E-state index is 4.36. The van der Waals surface area contributed by atoms with E-state index in [1.807, 2.05) is 7.05 Å². The number of nitrogens with zero attached hydrogens (tertiary/aromatic N) is 3. The quantitative estimate of drug-likeness (QED) is 0.807. The molecule has 0 bridgehead atoms. The Morgan fingerprint density at radius 1 is 1.24 bits per heavy atom. The third-order valence-corrected chi connectivity index (χ3v) is 3.50. The van der Waals surface area contributed by atoms with Crippen LogP contribution in [0.5, 0.6) is 0 Å². The molecule has 2 heterocycles. The van der Waals surface area contributed by atoms with Gasteiger partial charge in [-0.25, -0.2) is 9.97 Å². The number of hydrogen-bond donors (Lipinski definition) is 2. The van der Waals surface area contributed by atoms with Crippen LogP contribution in [0.2, 0.25) is 0 Å². The average Bonchev–Trinajstić information content (AvgIpc) is 3.04. The molecule has 3 rings (SSSR count). The lowest BCUT2D eigenvalue weighted by Gasteiger charge is -2.17. The van der Waals surface area contributed by atoms with Crippen LogP contribution < -0.4 is 15.5 Å². The Hall–Kier alpha value is -1.36. The van der Waals surface area contributed by atoms with E-state index in [0.29, 0.717) is 12.1 Å². The molecule has 0 amide bonds. The second-order valence-corrected chi connectivity index (χ2v) is 4.90. The van der Waals surface area contributed by atoms with Gasteiger partial charge in [-0.15, -0.1) is 0 Å². The molecular weight excluding hydrogens is 214 g/mol. The first-order valence-corrected chi connectivity index (χ1v) is 6.36. The van der Waals surface area contributed by atoms with Crippen molar-refractivity contribution < 1.29 is 0 Å². The Labute approximate surface area is 102 Å². The molecule has 2 aliphatic rings. The van der Waals surface area contributed by atoms with Gasteiger partial charge in [-0.3, -0.25) is 0 Å². The second-order valence-electron chi connectivity index (χ2n) is 4.90. The topological polar surface area (TPSA) is 53.1 Å². The zero-order valence-electron chi connectivity index (χ0n) is 10.2. The molecule has 5 heteroatoms. The lowest BCUT2D eigenvalue weighted by molar-refractivity contribution is 0.616. The zero-order valence-corrected chi connectivity index (χ0v) is 10.2. The van der Waals surface area contributed by atoms with Gasteiger partial charge >= 0.3 is 0 Å². The van der Waals surface area contributed by atoms with Gasteiger partial charge in [-0.05, 0) is 26.3 Å². The molecule has 1 aromatic rings. The van der Waals surface area contributed by atoms with Crippen molar-refractivity contribution in [3.63, 3.8) is 0 Å². The molecule has 1 atom stereocenters. The average molecular weight is 233 g/mol. The predicted molar refractivity (Wildman–Crippen MR) is 68.4 cm³/mol. The summed E-state index contributed by atoms with van der Waals surface area (Å²) in [7, 11) is 2.02. The first kappa shape index (κ1) is 10.8. The van der Waals surface area contributed by atoms with Crippen LogP contribution in [0.4, 0.5) is 11.6 Å². The van der Waals surface area contributed by atoms with Crippen molar-refractivity contribution in [1.29, 1.82) is 0 Å². The van der Waals surface area contributed by atoms with Crippen LogP contribution in [0.25, 0.3) is 0 Å². The number of hydrogen-bond acceptors (Lipinski definition) is 5. The largest absolute Gasteiger partial charge is 0.367 e. The number of anilines is 2. The number of rotatable bonds is 4. The lowest BCUT2D eigenvalue weighted by atomic mass is 10.3. The van der Waals surface area contributed by atoms with Crippen LogP contribution in [-0.4, -0.2) is 42.2 Å². The number of nitrogens with one attached hydrogen (secondary N) is 2. The number of aromatic nitrogens is 2. The Morgan fingerprint density at radius 2 is 2.12 bits per heavy atom. The highest BCUT2D eigenvalue weighted by molar-refractivity contribution is 5.50. The highest BCUT2D eigenvalue weighted by Crippen LogP contribution is 2.25. The molecule has 17 heavy (non-hydrogen) atoms. The summed E-state index contributed by atoms with van der Waals surface area (Å²) in [4.78, 5) is 11.0. The maximum Gasteiger partial charge on any atom is 0.134 e. The minimum Gasteiger partial charge on any atom is -0.367 e. The molecule has 0 radical (unpaired) electrons. The van der Waals surface area contributed by atoms with Crippen molar-refractivity contribution in [1.82, 2.24) is 15.3 Å². The Bertz CT molecular complexity index is 390. The molecule has 2 N–H and O–H groups in total. The minimum atomic E-state index is 0.588. The molecule has 1 aromatic heterocycles. The standard InChI is InChI=1S/C12H19N5/c1-13-10-4-5-17(7-10)12-6-11(14-8-15-12)16-9-2-3-9/h6,8-10,13H,2-5,7H2,1H3,(H,14,15,16)/t10-/m1/s1. The van der Waals surface area contributed by atoms with Crippen LogP contribution in [0, 0.1) is 0 Å². The SMILES string of the molecule is CN[C@@H]1CCN(c2cc(NC3CC3)ncn2)C1. The molecule has 0 unspecified atom stereocenters. The summed E-state index contributed by atoms with van der Waals surface area (Å²) < 4.78 is 0. The highest BCUT2D eigenvalue weighted by Gasteiger charge is 2.24. The van der Waals surface area contributed by atoms with E-state index < -0.39 is 0 Å². The molecule has 2 fully saturated rings. The van der Waals surface area contributed by atoms with Crippen molar-refractivity contribution in [3.05, 3.63) is 12.4 Å². The van der Waals surface area contributed by atoms with E-state index in [-0.39, 0.29) is 0 Å².